The predicted molar refractivity (Wildman–Crippen MR) is 76.8 cm³/mol. The molecule has 0 spiro atoms. The number of furan rings is 1. The average Bonchev–Trinajstić information content (AvgIpc) is 2.90. The number of benzene rings is 1. The van der Waals surface area contributed by atoms with Gasteiger partial charge >= 0.3 is 5.97 Å². The second kappa shape index (κ2) is 6.29. The second-order valence-corrected chi connectivity index (χ2v) is 5.02. The Kier molecular flexibility index (Phi) is 4.22. The summed E-state index contributed by atoms with van der Waals surface area (Å²) >= 11 is 0. The molecule has 1 aliphatic rings. The van der Waals surface area contributed by atoms with E-state index in [1.165, 1.54) is 0 Å². The molecule has 0 aliphatic carbocycles. The summed E-state index contributed by atoms with van der Waals surface area (Å²) in [4.78, 5) is 24.0. The number of para-hydroxylation sites is 1. The summed E-state index contributed by atoms with van der Waals surface area (Å²) in [7, 11) is 0. The van der Waals surface area contributed by atoms with Crippen LogP contribution in [-0.2, 0) is 19.0 Å². The first kappa shape index (κ1) is 14.7. The Bertz CT molecular complexity index is 696. The van der Waals surface area contributed by atoms with Crippen LogP contribution in [0.25, 0.3) is 11.0 Å². The van der Waals surface area contributed by atoms with Gasteiger partial charge in [0, 0.05) is 10.9 Å². The van der Waals surface area contributed by atoms with E-state index in [1.807, 2.05) is 18.2 Å². The SMILES string of the molecule is Cc1c(C(=O)COC(=O)[C@H]2COCCO2)oc2ccccc12. The molecule has 116 valence electrons. The quantitative estimate of drug-likeness (QED) is 0.634. The average molecular weight is 304 g/mol. The van der Waals surface area contributed by atoms with E-state index in [9.17, 15) is 9.59 Å². The highest BCUT2D eigenvalue weighted by atomic mass is 16.6. The minimum atomic E-state index is -0.765. The summed E-state index contributed by atoms with van der Waals surface area (Å²) in [6.45, 7) is 2.38. The molecule has 1 aromatic heterocycles. The Morgan fingerprint density at radius 1 is 1.27 bits per heavy atom. The first-order valence-electron chi connectivity index (χ1n) is 7.04. The van der Waals surface area contributed by atoms with E-state index in [1.54, 1.807) is 13.0 Å². The van der Waals surface area contributed by atoms with E-state index >= 15 is 0 Å². The van der Waals surface area contributed by atoms with Crippen LogP contribution in [0.4, 0.5) is 0 Å². The highest BCUT2D eigenvalue weighted by molar-refractivity contribution is 6.01. The van der Waals surface area contributed by atoms with Gasteiger partial charge in [-0.15, -0.1) is 0 Å². The van der Waals surface area contributed by atoms with Gasteiger partial charge in [-0.2, -0.15) is 0 Å². The van der Waals surface area contributed by atoms with Crippen LogP contribution in [0.5, 0.6) is 0 Å². The Morgan fingerprint density at radius 3 is 2.82 bits per heavy atom. The number of aryl methyl sites for hydroxylation is 1. The van der Waals surface area contributed by atoms with Crippen molar-refractivity contribution in [2.45, 2.75) is 13.0 Å². The van der Waals surface area contributed by atoms with Crippen LogP contribution in [0.2, 0.25) is 0 Å². The Morgan fingerprint density at radius 2 is 2.09 bits per heavy atom. The first-order chi connectivity index (χ1) is 10.7. The number of esters is 1. The third kappa shape index (κ3) is 2.88. The van der Waals surface area contributed by atoms with Gasteiger partial charge in [-0.3, -0.25) is 4.79 Å². The Labute approximate surface area is 126 Å². The summed E-state index contributed by atoms with van der Waals surface area (Å²) in [5.74, 6) is -0.754. The van der Waals surface area contributed by atoms with Crippen molar-refractivity contribution in [3.8, 4) is 0 Å². The van der Waals surface area contributed by atoms with Gasteiger partial charge in [-0.05, 0) is 13.0 Å². The van der Waals surface area contributed by atoms with Crippen LogP contribution in [0.3, 0.4) is 0 Å². The zero-order valence-electron chi connectivity index (χ0n) is 12.2. The lowest BCUT2D eigenvalue weighted by Gasteiger charge is -2.20. The molecule has 1 aromatic carbocycles. The number of ether oxygens (including phenoxy) is 3. The highest BCUT2D eigenvalue weighted by Crippen LogP contribution is 2.25. The zero-order valence-corrected chi connectivity index (χ0v) is 12.2. The fraction of sp³-hybridized carbons (Fsp3) is 0.375. The van der Waals surface area contributed by atoms with Crippen LogP contribution in [0.1, 0.15) is 16.1 Å². The van der Waals surface area contributed by atoms with Crippen LogP contribution >= 0.6 is 0 Å². The van der Waals surface area contributed by atoms with Gasteiger partial charge in [0.2, 0.25) is 5.78 Å². The minimum absolute atomic E-state index is 0.149. The first-order valence-corrected chi connectivity index (χ1v) is 7.04. The molecule has 0 saturated carbocycles. The number of Topliss-reactive ketones (excluding diaryl/α,β-unsaturated/α-hetero) is 1. The largest absolute Gasteiger partial charge is 0.455 e. The summed E-state index contributed by atoms with van der Waals surface area (Å²) in [6.07, 6.45) is -0.765. The number of rotatable bonds is 4. The number of carbonyl (C=O) groups excluding carboxylic acids is 2. The van der Waals surface area contributed by atoms with Crippen molar-refractivity contribution in [2.24, 2.45) is 0 Å². The lowest BCUT2D eigenvalue weighted by molar-refractivity contribution is -0.169. The summed E-state index contributed by atoms with van der Waals surface area (Å²) in [5, 5.41) is 0.876. The third-order valence-corrected chi connectivity index (χ3v) is 3.52. The van der Waals surface area contributed by atoms with Gasteiger partial charge in [-0.25, -0.2) is 4.79 Å². The van der Waals surface area contributed by atoms with Crippen molar-refractivity contribution in [1.82, 2.24) is 0 Å². The van der Waals surface area contributed by atoms with Crippen LogP contribution < -0.4 is 0 Å². The lowest BCUT2D eigenvalue weighted by atomic mass is 10.1. The molecule has 0 amide bonds. The molecule has 0 radical (unpaired) electrons. The second-order valence-electron chi connectivity index (χ2n) is 5.02. The smallest absolute Gasteiger partial charge is 0.338 e. The van der Waals surface area contributed by atoms with E-state index < -0.39 is 12.1 Å². The molecule has 6 heteroatoms. The molecule has 0 bridgehead atoms. The van der Waals surface area contributed by atoms with Crippen molar-refractivity contribution < 1.29 is 28.2 Å². The van der Waals surface area contributed by atoms with Crippen molar-refractivity contribution in [1.29, 1.82) is 0 Å². The maximum atomic E-state index is 12.2. The molecule has 2 heterocycles. The standard InChI is InChI=1S/C16H16O6/c1-10-11-4-2-3-5-13(11)22-15(10)12(17)8-21-16(18)14-9-19-6-7-20-14/h2-5,14H,6-9H2,1H3/t14-/m1/s1. The van der Waals surface area contributed by atoms with Crippen LogP contribution in [0, 0.1) is 6.92 Å². The molecule has 1 fully saturated rings. The number of carbonyl (C=O) groups is 2. The number of fused-ring (bicyclic) bond motifs is 1. The fourth-order valence-electron chi connectivity index (χ4n) is 2.36. The van der Waals surface area contributed by atoms with Crippen molar-refractivity contribution in [2.75, 3.05) is 26.4 Å². The van der Waals surface area contributed by atoms with Crippen molar-refractivity contribution >= 4 is 22.7 Å². The van der Waals surface area contributed by atoms with Gasteiger partial charge in [-0.1, -0.05) is 18.2 Å². The van der Waals surface area contributed by atoms with Gasteiger partial charge < -0.3 is 18.6 Å². The third-order valence-electron chi connectivity index (χ3n) is 3.52. The van der Waals surface area contributed by atoms with Crippen LogP contribution in [-0.4, -0.2) is 44.3 Å². The van der Waals surface area contributed by atoms with Gasteiger partial charge in [0.1, 0.15) is 5.58 Å². The number of hydrogen-bond acceptors (Lipinski definition) is 6. The lowest BCUT2D eigenvalue weighted by Crippen LogP contribution is -2.37. The summed E-state index contributed by atoms with van der Waals surface area (Å²) < 4.78 is 20.9. The number of hydrogen-bond donors (Lipinski definition) is 0. The molecular weight excluding hydrogens is 288 g/mol. The molecule has 22 heavy (non-hydrogen) atoms. The number of ketones is 1. The van der Waals surface area contributed by atoms with E-state index in [-0.39, 0.29) is 24.8 Å². The van der Waals surface area contributed by atoms with E-state index in [0.717, 1.165) is 10.9 Å². The molecule has 0 unspecified atom stereocenters. The fourth-order valence-corrected chi connectivity index (χ4v) is 2.36. The van der Waals surface area contributed by atoms with Gasteiger partial charge in [0.05, 0.1) is 19.8 Å². The monoisotopic (exact) mass is 304 g/mol. The van der Waals surface area contributed by atoms with Crippen molar-refractivity contribution in [3.05, 3.63) is 35.6 Å². The highest BCUT2D eigenvalue weighted by Gasteiger charge is 2.26. The predicted octanol–water partition coefficient (Wildman–Crippen LogP) is 1.88. The maximum absolute atomic E-state index is 12.2. The zero-order chi connectivity index (χ0) is 15.5. The molecule has 3 rings (SSSR count). The normalized spacial score (nSPS) is 18.3. The molecule has 1 saturated heterocycles. The van der Waals surface area contributed by atoms with Gasteiger partial charge in [0.25, 0.3) is 0 Å². The van der Waals surface area contributed by atoms with E-state index in [4.69, 9.17) is 18.6 Å². The van der Waals surface area contributed by atoms with E-state index in [0.29, 0.717) is 18.8 Å². The summed E-state index contributed by atoms with van der Waals surface area (Å²) in [5.41, 5.74) is 1.38. The van der Waals surface area contributed by atoms with Crippen LogP contribution in [0.15, 0.2) is 28.7 Å². The molecule has 1 aliphatic heterocycles. The Hall–Kier alpha value is -2.18. The van der Waals surface area contributed by atoms with Gasteiger partial charge in [0.15, 0.2) is 18.5 Å². The van der Waals surface area contributed by atoms with E-state index in [2.05, 4.69) is 0 Å². The molecule has 1 atom stereocenters. The molecular formula is C16H16O6. The molecule has 2 aromatic rings. The Balaban J connectivity index is 1.66. The molecule has 6 nitrogen and oxygen atoms in total. The topological polar surface area (TPSA) is 75.0 Å². The maximum Gasteiger partial charge on any atom is 0.338 e. The minimum Gasteiger partial charge on any atom is -0.455 e. The van der Waals surface area contributed by atoms with Crippen molar-refractivity contribution in [3.63, 3.8) is 0 Å². The summed E-state index contributed by atoms with van der Waals surface area (Å²) in [6, 6.07) is 7.38. The molecule has 0 N–H and O–H groups in total.